The molecule has 1 spiro atoms. The fraction of sp³-hybridized carbons (Fsp3) is 0.588. The van der Waals surface area contributed by atoms with Gasteiger partial charge in [-0.25, -0.2) is 4.79 Å². The lowest BCUT2D eigenvalue weighted by Crippen LogP contribution is -2.33. The third kappa shape index (κ3) is 2.13. The Labute approximate surface area is 125 Å². The molecule has 1 aliphatic heterocycles. The minimum absolute atomic E-state index is 0.143. The van der Waals surface area contributed by atoms with Gasteiger partial charge in [0.15, 0.2) is 0 Å². The Morgan fingerprint density at radius 1 is 1.19 bits per heavy atom. The molecule has 1 aromatic rings. The third-order valence-corrected chi connectivity index (χ3v) is 4.49. The van der Waals surface area contributed by atoms with Gasteiger partial charge in [-0.05, 0) is 44.4 Å². The van der Waals surface area contributed by atoms with Crippen molar-refractivity contribution in [2.75, 3.05) is 7.11 Å². The molecular formula is C17H22O4. The molecule has 4 heteroatoms. The first-order chi connectivity index (χ1) is 10.0. The summed E-state index contributed by atoms with van der Waals surface area (Å²) in [6.45, 7) is 3.73. The number of rotatable bonds is 4. The van der Waals surface area contributed by atoms with Gasteiger partial charge < -0.3 is 14.2 Å². The molecule has 0 amide bonds. The van der Waals surface area contributed by atoms with Crippen molar-refractivity contribution in [3.05, 3.63) is 29.8 Å². The Bertz CT molecular complexity index is 528. The van der Waals surface area contributed by atoms with Gasteiger partial charge in [-0.1, -0.05) is 25.0 Å². The van der Waals surface area contributed by atoms with Gasteiger partial charge in [0, 0.05) is 0 Å². The largest absolute Gasteiger partial charge is 0.497 e. The molecule has 0 N–H and O–H groups in total. The first-order valence-corrected chi connectivity index (χ1v) is 7.60. The zero-order valence-electron chi connectivity index (χ0n) is 12.8. The molecule has 2 fully saturated rings. The second kappa shape index (κ2) is 5.02. The Hall–Kier alpha value is -1.55. The molecule has 2 aliphatic rings. The van der Waals surface area contributed by atoms with E-state index in [1.165, 1.54) is 0 Å². The van der Waals surface area contributed by atoms with E-state index in [9.17, 15) is 4.79 Å². The smallest absolute Gasteiger partial charge is 0.346 e. The number of epoxide rings is 1. The average Bonchev–Trinajstić information content (AvgIpc) is 2.87. The lowest BCUT2D eigenvalue weighted by molar-refractivity contribution is -0.154. The van der Waals surface area contributed by atoms with Crippen LogP contribution in [0.5, 0.6) is 5.75 Å². The first kappa shape index (κ1) is 14.4. The van der Waals surface area contributed by atoms with Crippen LogP contribution in [-0.4, -0.2) is 24.8 Å². The fourth-order valence-corrected chi connectivity index (χ4v) is 3.46. The quantitative estimate of drug-likeness (QED) is 0.631. The number of carbonyl (C=O) groups excluding carboxylic acids is 1. The van der Waals surface area contributed by atoms with Crippen molar-refractivity contribution in [1.29, 1.82) is 0 Å². The zero-order chi connectivity index (χ0) is 15.1. The number of ether oxygens (including phenoxy) is 3. The minimum atomic E-state index is -0.917. The van der Waals surface area contributed by atoms with Crippen molar-refractivity contribution in [2.24, 2.45) is 0 Å². The van der Waals surface area contributed by atoms with E-state index in [-0.39, 0.29) is 17.7 Å². The van der Waals surface area contributed by atoms with Crippen molar-refractivity contribution in [1.82, 2.24) is 0 Å². The van der Waals surface area contributed by atoms with Gasteiger partial charge in [0.25, 0.3) is 0 Å². The molecule has 21 heavy (non-hydrogen) atoms. The fourth-order valence-electron chi connectivity index (χ4n) is 3.46. The van der Waals surface area contributed by atoms with E-state index in [1.807, 2.05) is 38.1 Å². The molecule has 1 aliphatic carbocycles. The molecule has 0 bridgehead atoms. The molecule has 1 saturated carbocycles. The van der Waals surface area contributed by atoms with Crippen LogP contribution in [0.3, 0.4) is 0 Å². The Morgan fingerprint density at radius 2 is 1.81 bits per heavy atom. The standard InChI is InChI=1S/C17H22O4/c1-12(2)20-15(18)17(16(21-17)10-4-5-11-16)13-6-8-14(19-3)9-7-13/h6-9,12H,4-5,10-11H2,1-3H3. The maximum atomic E-state index is 12.7. The summed E-state index contributed by atoms with van der Waals surface area (Å²) in [6.07, 6.45) is 3.91. The Morgan fingerprint density at radius 3 is 2.33 bits per heavy atom. The summed E-state index contributed by atoms with van der Waals surface area (Å²) < 4.78 is 16.7. The molecule has 1 aromatic carbocycles. The van der Waals surface area contributed by atoms with Crippen molar-refractivity contribution in [2.45, 2.75) is 56.8 Å². The normalized spacial score (nSPS) is 26.1. The maximum Gasteiger partial charge on any atom is 0.346 e. The van der Waals surface area contributed by atoms with Gasteiger partial charge in [-0.15, -0.1) is 0 Å². The maximum absolute atomic E-state index is 12.7. The van der Waals surface area contributed by atoms with E-state index in [1.54, 1.807) is 7.11 Å². The van der Waals surface area contributed by atoms with Crippen LogP contribution in [0.4, 0.5) is 0 Å². The van der Waals surface area contributed by atoms with Gasteiger partial charge in [0.1, 0.15) is 11.4 Å². The number of esters is 1. The van der Waals surface area contributed by atoms with Crippen LogP contribution in [-0.2, 0) is 19.9 Å². The van der Waals surface area contributed by atoms with E-state index >= 15 is 0 Å². The molecule has 1 saturated heterocycles. The highest BCUT2D eigenvalue weighted by Gasteiger charge is 2.76. The lowest BCUT2D eigenvalue weighted by Gasteiger charge is -2.18. The van der Waals surface area contributed by atoms with Gasteiger partial charge in [-0.2, -0.15) is 0 Å². The van der Waals surface area contributed by atoms with Crippen LogP contribution < -0.4 is 4.74 Å². The predicted molar refractivity (Wildman–Crippen MR) is 78.2 cm³/mol. The van der Waals surface area contributed by atoms with E-state index in [2.05, 4.69) is 0 Å². The number of benzene rings is 1. The van der Waals surface area contributed by atoms with Crippen molar-refractivity contribution in [3.8, 4) is 5.75 Å². The van der Waals surface area contributed by atoms with Crippen LogP contribution in [0.1, 0.15) is 45.1 Å². The zero-order valence-corrected chi connectivity index (χ0v) is 12.8. The van der Waals surface area contributed by atoms with E-state index in [4.69, 9.17) is 14.2 Å². The highest BCUT2D eigenvalue weighted by atomic mass is 16.7. The molecule has 1 unspecified atom stereocenters. The van der Waals surface area contributed by atoms with Gasteiger partial charge in [0.2, 0.25) is 5.60 Å². The molecule has 1 heterocycles. The topological polar surface area (TPSA) is 48.1 Å². The number of hydrogen-bond acceptors (Lipinski definition) is 4. The summed E-state index contributed by atoms with van der Waals surface area (Å²) in [5.41, 5.74) is -0.399. The van der Waals surface area contributed by atoms with Crippen molar-refractivity contribution < 1.29 is 19.0 Å². The van der Waals surface area contributed by atoms with Crippen molar-refractivity contribution in [3.63, 3.8) is 0 Å². The van der Waals surface area contributed by atoms with Crippen molar-refractivity contribution >= 4 is 5.97 Å². The Balaban J connectivity index is 1.95. The second-order valence-corrected chi connectivity index (χ2v) is 6.17. The highest BCUT2D eigenvalue weighted by Crippen LogP contribution is 2.64. The summed E-state index contributed by atoms with van der Waals surface area (Å²) in [6, 6.07) is 7.55. The number of hydrogen-bond donors (Lipinski definition) is 0. The Kier molecular flexibility index (Phi) is 3.44. The van der Waals surface area contributed by atoms with Crippen LogP contribution in [0, 0.1) is 0 Å². The summed E-state index contributed by atoms with van der Waals surface area (Å²) >= 11 is 0. The number of carbonyl (C=O) groups is 1. The summed E-state index contributed by atoms with van der Waals surface area (Å²) in [4.78, 5) is 12.7. The van der Waals surface area contributed by atoms with Gasteiger partial charge in [-0.3, -0.25) is 0 Å². The summed E-state index contributed by atoms with van der Waals surface area (Å²) in [7, 11) is 1.63. The summed E-state index contributed by atoms with van der Waals surface area (Å²) in [5, 5.41) is 0. The predicted octanol–water partition coefficient (Wildman–Crippen LogP) is 3.19. The molecule has 114 valence electrons. The molecule has 0 aromatic heterocycles. The van der Waals surface area contributed by atoms with Crippen LogP contribution in [0.25, 0.3) is 0 Å². The second-order valence-electron chi connectivity index (χ2n) is 6.17. The first-order valence-electron chi connectivity index (χ1n) is 7.60. The molecular weight excluding hydrogens is 268 g/mol. The average molecular weight is 290 g/mol. The van der Waals surface area contributed by atoms with Crippen LogP contribution in [0.15, 0.2) is 24.3 Å². The molecule has 3 rings (SSSR count). The van der Waals surface area contributed by atoms with Crippen LogP contribution >= 0.6 is 0 Å². The number of methoxy groups -OCH3 is 1. The van der Waals surface area contributed by atoms with Gasteiger partial charge >= 0.3 is 5.97 Å². The van der Waals surface area contributed by atoms with E-state index in [0.717, 1.165) is 37.0 Å². The van der Waals surface area contributed by atoms with E-state index in [0.29, 0.717) is 0 Å². The minimum Gasteiger partial charge on any atom is -0.497 e. The molecule has 1 atom stereocenters. The molecule has 0 radical (unpaired) electrons. The monoisotopic (exact) mass is 290 g/mol. The van der Waals surface area contributed by atoms with Crippen LogP contribution in [0.2, 0.25) is 0 Å². The lowest BCUT2D eigenvalue weighted by atomic mass is 9.85. The molecule has 4 nitrogen and oxygen atoms in total. The summed E-state index contributed by atoms with van der Waals surface area (Å²) in [5.74, 6) is 0.511. The SMILES string of the molecule is COc1ccc(C2(C(=O)OC(C)C)OC23CCCC3)cc1. The highest BCUT2D eigenvalue weighted by molar-refractivity contribution is 5.87. The van der Waals surface area contributed by atoms with Gasteiger partial charge in [0.05, 0.1) is 13.2 Å². The van der Waals surface area contributed by atoms with E-state index < -0.39 is 5.60 Å². The third-order valence-electron chi connectivity index (χ3n) is 4.49.